The molecule has 0 radical (unpaired) electrons. The first kappa shape index (κ1) is 23.7. The highest BCUT2D eigenvalue weighted by molar-refractivity contribution is 5.75. The summed E-state index contributed by atoms with van der Waals surface area (Å²) in [6.45, 7) is 3.99. The van der Waals surface area contributed by atoms with Crippen molar-refractivity contribution in [2.24, 2.45) is 0 Å². The zero-order valence-electron chi connectivity index (χ0n) is 17.1. The SMILES string of the molecule is CCCCCCCCCCCCCCCCCCCCCC(C)=O. The van der Waals surface area contributed by atoms with E-state index in [1.165, 1.54) is 116 Å². The predicted molar refractivity (Wildman–Crippen MR) is 109 cm³/mol. The van der Waals surface area contributed by atoms with Gasteiger partial charge in [0.05, 0.1) is 0 Å². The van der Waals surface area contributed by atoms with E-state index in [0.717, 1.165) is 12.8 Å². The molecule has 24 heavy (non-hydrogen) atoms. The zero-order valence-corrected chi connectivity index (χ0v) is 17.1. The van der Waals surface area contributed by atoms with Gasteiger partial charge in [0, 0.05) is 6.42 Å². The van der Waals surface area contributed by atoms with Crippen molar-refractivity contribution in [2.75, 3.05) is 0 Å². The maximum atomic E-state index is 10.8. The van der Waals surface area contributed by atoms with Crippen LogP contribution >= 0.6 is 0 Å². The Hall–Kier alpha value is -0.330. The van der Waals surface area contributed by atoms with Crippen LogP contribution in [0.5, 0.6) is 0 Å². The molecular weight excluding hydrogens is 292 g/mol. The lowest BCUT2D eigenvalue weighted by Crippen LogP contribution is -1.89. The van der Waals surface area contributed by atoms with E-state index in [-0.39, 0.29) is 0 Å². The fourth-order valence-corrected chi connectivity index (χ4v) is 3.45. The number of carbonyl (C=O) groups excluding carboxylic acids is 1. The maximum absolute atomic E-state index is 10.8. The molecule has 0 aliphatic heterocycles. The Labute approximate surface area is 153 Å². The van der Waals surface area contributed by atoms with Gasteiger partial charge in [-0.2, -0.15) is 0 Å². The molecule has 0 N–H and O–H groups in total. The van der Waals surface area contributed by atoms with Gasteiger partial charge in [-0.1, -0.05) is 122 Å². The molecule has 0 spiro atoms. The molecule has 0 aromatic carbocycles. The summed E-state index contributed by atoms with van der Waals surface area (Å²) in [6.07, 6.45) is 27.5. The Balaban J connectivity index is 2.97. The minimum atomic E-state index is 0.349. The zero-order chi connectivity index (χ0) is 17.7. The van der Waals surface area contributed by atoms with Crippen LogP contribution < -0.4 is 0 Å². The van der Waals surface area contributed by atoms with Gasteiger partial charge < -0.3 is 4.79 Å². The van der Waals surface area contributed by atoms with Crippen LogP contribution in [-0.2, 0) is 4.79 Å². The van der Waals surface area contributed by atoms with Gasteiger partial charge >= 0.3 is 0 Å². The number of hydrogen-bond donors (Lipinski definition) is 0. The quantitative estimate of drug-likeness (QED) is 0.204. The minimum Gasteiger partial charge on any atom is -0.300 e. The Morgan fingerprint density at radius 2 is 0.708 bits per heavy atom. The largest absolute Gasteiger partial charge is 0.300 e. The van der Waals surface area contributed by atoms with Crippen molar-refractivity contribution >= 4 is 5.78 Å². The molecule has 0 fully saturated rings. The Morgan fingerprint density at radius 3 is 0.958 bits per heavy atom. The highest BCUT2D eigenvalue weighted by atomic mass is 16.1. The third kappa shape index (κ3) is 21.7. The van der Waals surface area contributed by atoms with Gasteiger partial charge in [0.25, 0.3) is 0 Å². The molecule has 144 valence electrons. The lowest BCUT2D eigenvalue weighted by molar-refractivity contribution is -0.117. The van der Waals surface area contributed by atoms with E-state index in [9.17, 15) is 4.79 Å². The van der Waals surface area contributed by atoms with Crippen LogP contribution in [0.2, 0.25) is 0 Å². The molecule has 1 nitrogen and oxygen atoms in total. The summed E-state index contributed by atoms with van der Waals surface area (Å²) in [7, 11) is 0. The van der Waals surface area contributed by atoms with Crippen molar-refractivity contribution < 1.29 is 4.79 Å². The first-order valence-electron chi connectivity index (χ1n) is 11.3. The van der Waals surface area contributed by atoms with Gasteiger partial charge in [-0.25, -0.2) is 0 Å². The topological polar surface area (TPSA) is 17.1 Å². The fraction of sp³-hybridized carbons (Fsp3) is 0.957. The first-order chi connectivity index (χ1) is 11.8. The maximum Gasteiger partial charge on any atom is 0.129 e. The van der Waals surface area contributed by atoms with Crippen molar-refractivity contribution in [1.29, 1.82) is 0 Å². The Kier molecular flexibility index (Phi) is 20.4. The highest BCUT2D eigenvalue weighted by Gasteiger charge is 1.96. The number of unbranched alkanes of at least 4 members (excludes halogenated alkanes) is 18. The van der Waals surface area contributed by atoms with Crippen LogP contribution in [0.3, 0.4) is 0 Å². The molecule has 0 aromatic heterocycles. The van der Waals surface area contributed by atoms with Gasteiger partial charge in [0.1, 0.15) is 5.78 Å². The second-order valence-corrected chi connectivity index (χ2v) is 7.82. The van der Waals surface area contributed by atoms with Crippen LogP contribution in [0.15, 0.2) is 0 Å². The van der Waals surface area contributed by atoms with Crippen LogP contribution in [0.4, 0.5) is 0 Å². The summed E-state index contributed by atoms with van der Waals surface area (Å²) in [4.78, 5) is 10.8. The second-order valence-electron chi connectivity index (χ2n) is 7.82. The molecule has 0 unspecified atom stereocenters. The Bertz CT molecular complexity index is 246. The van der Waals surface area contributed by atoms with Crippen molar-refractivity contribution in [3.8, 4) is 0 Å². The van der Waals surface area contributed by atoms with Gasteiger partial charge in [-0.15, -0.1) is 0 Å². The third-order valence-electron chi connectivity index (χ3n) is 5.13. The lowest BCUT2D eigenvalue weighted by atomic mass is 10.0. The molecule has 1 heteroatoms. The van der Waals surface area contributed by atoms with Crippen LogP contribution in [0.1, 0.15) is 142 Å². The van der Waals surface area contributed by atoms with Crippen LogP contribution in [0, 0.1) is 0 Å². The molecule has 0 saturated heterocycles. The lowest BCUT2D eigenvalue weighted by Gasteiger charge is -2.03. The van der Waals surface area contributed by atoms with Crippen molar-refractivity contribution in [1.82, 2.24) is 0 Å². The van der Waals surface area contributed by atoms with Gasteiger partial charge in [0.2, 0.25) is 0 Å². The molecule has 0 saturated carbocycles. The summed E-state index contributed by atoms with van der Waals surface area (Å²) < 4.78 is 0. The Morgan fingerprint density at radius 1 is 0.458 bits per heavy atom. The van der Waals surface area contributed by atoms with Crippen LogP contribution in [-0.4, -0.2) is 5.78 Å². The molecule has 0 atom stereocenters. The highest BCUT2D eigenvalue weighted by Crippen LogP contribution is 2.14. The standard InChI is InChI=1S/C23H46O/c1-3-4-5-6-7-8-9-10-11-12-13-14-15-16-17-18-19-20-21-22-23(2)24/h3-22H2,1-2H3. The van der Waals surface area contributed by atoms with Crippen molar-refractivity contribution in [2.45, 2.75) is 142 Å². The first-order valence-corrected chi connectivity index (χ1v) is 11.3. The van der Waals surface area contributed by atoms with E-state index >= 15 is 0 Å². The molecule has 0 aromatic rings. The van der Waals surface area contributed by atoms with Gasteiger partial charge in [-0.3, -0.25) is 0 Å². The summed E-state index contributed by atoms with van der Waals surface area (Å²) in [5, 5.41) is 0. The number of ketones is 1. The summed E-state index contributed by atoms with van der Waals surface area (Å²) in [6, 6.07) is 0. The predicted octanol–water partition coefficient (Wildman–Crippen LogP) is 8.40. The van der Waals surface area contributed by atoms with E-state index in [0.29, 0.717) is 5.78 Å². The van der Waals surface area contributed by atoms with E-state index < -0.39 is 0 Å². The average Bonchev–Trinajstić information content (AvgIpc) is 2.56. The number of Topliss-reactive ketones (excluding diaryl/α,β-unsaturated/α-hetero) is 1. The van der Waals surface area contributed by atoms with Gasteiger partial charge in [-0.05, 0) is 13.3 Å². The third-order valence-corrected chi connectivity index (χ3v) is 5.13. The number of rotatable bonds is 20. The molecule has 0 bridgehead atoms. The summed E-state index contributed by atoms with van der Waals surface area (Å²) >= 11 is 0. The second kappa shape index (κ2) is 20.7. The van der Waals surface area contributed by atoms with E-state index in [2.05, 4.69) is 6.92 Å². The molecule has 0 heterocycles. The molecule has 0 amide bonds. The van der Waals surface area contributed by atoms with E-state index in [4.69, 9.17) is 0 Å². The van der Waals surface area contributed by atoms with E-state index in [1.54, 1.807) is 6.92 Å². The molecule has 0 aliphatic rings. The van der Waals surface area contributed by atoms with Crippen molar-refractivity contribution in [3.05, 3.63) is 0 Å². The van der Waals surface area contributed by atoms with Crippen LogP contribution in [0.25, 0.3) is 0 Å². The normalized spacial score (nSPS) is 11.1. The number of hydrogen-bond acceptors (Lipinski definition) is 1. The monoisotopic (exact) mass is 338 g/mol. The van der Waals surface area contributed by atoms with Gasteiger partial charge in [0.15, 0.2) is 0 Å². The summed E-state index contributed by atoms with van der Waals surface area (Å²) in [5.41, 5.74) is 0. The number of carbonyl (C=O) groups is 1. The molecule has 0 aliphatic carbocycles. The average molecular weight is 339 g/mol. The summed E-state index contributed by atoms with van der Waals surface area (Å²) in [5.74, 6) is 0.349. The molecule has 0 rings (SSSR count). The van der Waals surface area contributed by atoms with Crippen molar-refractivity contribution in [3.63, 3.8) is 0 Å². The minimum absolute atomic E-state index is 0.349. The molecular formula is C23H46O. The van der Waals surface area contributed by atoms with E-state index in [1.807, 2.05) is 0 Å². The smallest absolute Gasteiger partial charge is 0.129 e. The fourth-order valence-electron chi connectivity index (χ4n) is 3.45.